The largest absolute Gasteiger partial charge is 0.345 e. The van der Waals surface area contributed by atoms with Gasteiger partial charge in [-0.25, -0.2) is 8.78 Å². The zero-order valence-electron chi connectivity index (χ0n) is 8.59. The first-order valence-corrected chi connectivity index (χ1v) is 5.04. The van der Waals surface area contributed by atoms with Gasteiger partial charge >= 0.3 is 0 Å². The molecule has 0 saturated heterocycles. The van der Waals surface area contributed by atoms with Crippen LogP contribution in [-0.2, 0) is 0 Å². The van der Waals surface area contributed by atoms with Crippen LogP contribution in [0.5, 0.6) is 0 Å². The molecule has 1 aliphatic carbocycles. The summed E-state index contributed by atoms with van der Waals surface area (Å²) >= 11 is 0. The number of hydrogen-bond donors (Lipinski definition) is 2. The average molecular weight is 226 g/mol. The standard InChI is InChI=1S/C11H12F2N2O/c12-8-2-1-7(5-9(8)13)10(16)15-11(6-14)3-4-11/h1-2,5H,3-4,6,14H2,(H,15,16). The van der Waals surface area contributed by atoms with Gasteiger partial charge in [-0.3, -0.25) is 4.79 Å². The van der Waals surface area contributed by atoms with Gasteiger partial charge in [0.25, 0.3) is 5.91 Å². The number of carbonyl (C=O) groups excluding carboxylic acids is 1. The van der Waals surface area contributed by atoms with E-state index in [2.05, 4.69) is 5.32 Å². The summed E-state index contributed by atoms with van der Waals surface area (Å²) < 4.78 is 25.5. The number of halogens is 2. The predicted octanol–water partition coefficient (Wildman–Crippen LogP) is 1.19. The monoisotopic (exact) mass is 226 g/mol. The predicted molar refractivity (Wildman–Crippen MR) is 54.8 cm³/mol. The van der Waals surface area contributed by atoms with Crippen molar-refractivity contribution in [3.05, 3.63) is 35.4 Å². The summed E-state index contributed by atoms with van der Waals surface area (Å²) in [6, 6.07) is 3.07. The molecule has 1 fully saturated rings. The first-order chi connectivity index (χ1) is 7.56. The van der Waals surface area contributed by atoms with Gasteiger partial charge in [0.05, 0.1) is 5.54 Å². The number of nitrogens with one attached hydrogen (secondary N) is 1. The van der Waals surface area contributed by atoms with E-state index in [0.717, 1.165) is 25.0 Å². The number of carbonyl (C=O) groups is 1. The van der Waals surface area contributed by atoms with Crippen molar-refractivity contribution in [3.8, 4) is 0 Å². The van der Waals surface area contributed by atoms with Crippen molar-refractivity contribution in [2.24, 2.45) is 5.73 Å². The molecule has 0 aliphatic heterocycles. The van der Waals surface area contributed by atoms with E-state index in [1.165, 1.54) is 6.07 Å². The molecular formula is C11H12F2N2O. The molecule has 1 aromatic rings. The lowest BCUT2D eigenvalue weighted by Gasteiger charge is -2.14. The molecular weight excluding hydrogens is 214 g/mol. The second-order valence-corrected chi connectivity index (χ2v) is 4.07. The topological polar surface area (TPSA) is 55.1 Å². The van der Waals surface area contributed by atoms with E-state index in [1.807, 2.05) is 0 Å². The van der Waals surface area contributed by atoms with Gasteiger partial charge in [-0.2, -0.15) is 0 Å². The van der Waals surface area contributed by atoms with E-state index in [4.69, 9.17) is 5.73 Å². The maximum Gasteiger partial charge on any atom is 0.251 e. The van der Waals surface area contributed by atoms with Crippen molar-refractivity contribution in [3.63, 3.8) is 0 Å². The lowest BCUT2D eigenvalue weighted by Crippen LogP contribution is -2.42. The fourth-order valence-corrected chi connectivity index (χ4v) is 1.48. The number of amides is 1. The molecule has 1 amide bonds. The Hall–Kier alpha value is -1.49. The smallest absolute Gasteiger partial charge is 0.251 e. The zero-order valence-corrected chi connectivity index (χ0v) is 8.59. The van der Waals surface area contributed by atoms with Gasteiger partial charge in [0.1, 0.15) is 0 Å². The molecule has 86 valence electrons. The molecule has 2 rings (SSSR count). The summed E-state index contributed by atoms with van der Waals surface area (Å²) in [6.07, 6.45) is 1.66. The highest BCUT2D eigenvalue weighted by Gasteiger charge is 2.42. The van der Waals surface area contributed by atoms with Gasteiger partial charge < -0.3 is 11.1 Å². The Morgan fingerprint density at radius 1 is 1.38 bits per heavy atom. The normalized spacial score (nSPS) is 16.9. The molecule has 0 atom stereocenters. The van der Waals surface area contributed by atoms with Gasteiger partial charge in [0.15, 0.2) is 11.6 Å². The van der Waals surface area contributed by atoms with Crippen LogP contribution in [-0.4, -0.2) is 18.0 Å². The Kier molecular flexibility index (Phi) is 2.63. The van der Waals surface area contributed by atoms with E-state index < -0.39 is 17.5 Å². The molecule has 0 heterocycles. The van der Waals surface area contributed by atoms with Crippen LogP contribution in [0.3, 0.4) is 0 Å². The highest BCUT2D eigenvalue weighted by Crippen LogP contribution is 2.34. The molecule has 1 saturated carbocycles. The second kappa shape index (κ2) is 3.83. The summed E-state index contributed by atoms with van der Waals surface area (Å²) in [6.45, 7) is 0.364. The molecule has 16 heavy (non-hydrogen) atoms. The first kappa shape index (κ1) is 11.0. The molecule has 0 radical (unpaired) electrons. The van der Waals surface area contributed by atoms with Gasteiger partial charge in [-0.1, -0.05) is 0 Å². The molecule has 3 nitrogen and oxygen atoms in total. The van der Waals surface area contributed by atoms with E-state index in [-0.39, 0.29) is 11.1 Å². The number of hydrogen-bond acceptors (Lipinski definition) is 2. The highest BCUT2D eigenvalue weighted by molar-refractivity contribution is 5.94. The van der Waals surface area contributed by atoms with E-state index in [9.17, 15) is 13.6 Å². The van der Waals surface area contributed by atoms with Crippen LogP contribution in [0.4, 0.5) is 8.78 Å². The summed E-state index contributed by atoms with van der Waals surface area (Å²) in [5, 5.41) is 2.73. The summed E-state index contributed by atoms with van der Waals surface area (Å²) in [5.74, 6) is -2.40. The number of rotatable bonds is 3. The Morgan fingerprint density at radius 3 is 2.56 bits per heavy atom. The van der Waals surface area contributed by atoms with Crippen molar-refractivity contribution in [2.75, 3.05) is 6.54 Å². The maximum absolute atomic E-state index is 12.9. The lowest BCUT2D eigenvalue weighted by atomic mass is 10.1. The van der Waals surface area contributed by atoms with Gasteiger partial charge in [-0.05, 0) is 31.0 Å². The van der Waals surface area contributed by atoms with E-state index >= 15 is 0 Å². The average Bonchev–Trinajstić information content (AvgIpc) is 3.02. The molecule has 1 aromatic carbocycles. The van der Waals surface area contributed by atoms with E-state index in [1.54, 1.807) is 0 Å². The van der Waals surface area contributed by atoms with Gasteiger partial charge in [0.2, 0.25) is 0 Å². The minimum Gasteiger partial charge on any atom is -0.345 e. The van der Waals surface area contributed by atoms with Crippen LogP contribution >= 0.6 is 0 Å². The van der Waals surface area contributed by atoms with Crippen molar-refractivity contribution >= 4 is 5.91 Å². The van der Waals surface area contributed by atoms with Crippen molar-refractivity contribution in [1.82, 2.24) is 5.32 Å². The highest BCUT2D eigenvalue weighted by atomic mass is 19.2. The third-order valence-corrected chi connectivity index (χ3v) is 2.80. The van der Waals surface area contributed by atoms with Gasteiger partial charge in [-0.15, -0.1) is 0 Å². The third-order valence-electron chi connectivity index (χ3n) is 2.80. The van der Waals surface area contributed by atoms with Crippen LogP contribution in [0.15, 0.2) is 18.2 Å². The molecule has 0 spiro atoms. The van der Waals surface area contributed by atoms with Crippen LogP contribution < -0.4 is 11.1 Å². The fraction of sp³-hybridized carbons (Fsp3) is 0.364. The summed E-state index contributed by atoms with van der Waals surface area (Å²) in [5.41, 5.74) is 5.28. The molecule has 0 aromatic heterocycles. The number of benzene rings is 1. The minimum atomic E-state index is -1.02. The second-order valence-electron chi connectivity index (χ2n) is 4.07. The zero-order chi connectivity index (χ0) is 11.8. The fourth-order valence-electron chi connectivity index (χ4n) is 1.48. The molecule has 1 aliphatic rings. The first-order valence-electron chi connectivity index (χ1n) is 5.04. The Morgan fingerprint density at radius 2 is 2.06 bits per heavy atom. The minimum absolute atomic E-state index is 0.110. The van der Waals surface area contributed by atoms with Gasteiger partial charge in [0, 0.05) is 12.1 Å². The Balaban J connectivity index is 2.12. The molecule has 5 heteroatoms. The quantitative estimate of drug-likeness (QED) is 0.813. The Bertz CT molecular complexity index is 430. The van der Waals surface area contributed by atoms with Crippen molar-refractivity contribution in [1.29, 1.82) is 0 Å². The molecule has 0 bridgehead atoms. The molecule has 0 unspecified atom stereocenters. The molecule has 3 N–H and O–H groups in total. The van der Waals surface area contributed by atoms with E-state index in [0.29, 0.717) is 6.54 Å². The van der Waals surface area contributed by atoms with Crippen molar-refractivity contribution in [2.45, 2.75) is 18.4 Å². The number of nitrogens with two attached hydrogens (primary N) is 1. The van der Waals surface area contributed by atoms with Crippen LogP contribution in [0.25, 0.3) is 0 Å². The van der Waals surface area contributed by atoms with Crippen molar-refractivity contribution < 1.29 is 13.6 Å². The van der Waals surface area contributed by atoms with Crippen LogP contribution in [0.1, 0.15) is 23.2 Å². The third kappa shape index (κ3) is 2.04. The summed E-state index contributed by atoms with van der Waals surface area (Å²) in [4.78, 5) is 11.7. The van der Waals surface area contributed by atoms with Crippen LogP contribution in [0, 0.1) is 11.6 Å². The lowest BCUT2D eigenvalue weighted by molar-refractivity contribution is 0.0932. The van der Waals surface area contributed by atoms with Crippen LogP contribution in [0.2, 0.25) is 0 Å². The summed E-state index contributed by atoms with van der Waals surface area (Å²) in [7, 11) is 0. The Labute approximate surface area is 91.6 Å². The SMILES string of the molecule is NCC1(NC(=O)c2ccc(F)c(F)c2)CC1. The maximum atomic E-state index is 12.9.